The molecule has 0 aromatic heterocycles. The Hall–Kier alpha value is 0.100. The topological polar surface area (TPSA) is 26.0 Å². The molecule has 0 bridgehead atoms. The SMILES string of the molecule is NCC(C1CCCS1)C(F)(F)F. The Morgan fingerprint density at radius 2 is 2.17 bits per heavy atom. The van der Waals surface area contributed by atoms with E-state index in [9.17, 15) is 13.2 Å². The molecule has 2 unspecified atom stereocenters. The minimum atomic E-state index is -4.11. The third-order valence-corrected chi connectivity index (χ3v) is 3.60. The molecule has 1 rings (SSSR count). The second-order valence-electron chi connectivity index (χ2n) is 2.94. The van der Waals surface area contributed by atoms with Gasteiger partial charge >= 0.3 is 6.18 Å². The second kappa shape index (κ2) is 3.87. The van der Waals surface area contributed by atoms with E-state index >= 15 is 0 Å². The molecule has 0 aromatic carbocycles. The molecule has 12 heavy (non-hydrogen) atoms. The first-order valence-corrected chi connectivity index (χ1v) is 4.99. The number of hydrogen-bond acceptors (Lipinski definition) is 2. The lowest BCUT2D eigenvalue weighted by atomic mass is 10.0. The molecule has 1 saturated heterocycles. The van der Waals surface area contributed by atoms with E-state index in [1.807, 2.05) is 0 Å². The van der Waals surface area contributed by atoms with Crippen molar-refractivity contribution in [2.45, 2.75) is 24.3 Å². The van der Waals surface area contributed by atoms with Gasteiger partial charge in [0.2, 0.25) is 0 Å². The molecule has 0 saturated carbocycles. The molecule has 1 aliphatic heterocycles. The number of hydrogen-bond donors (Lipinski definition) is 1. The first kappa shape index (κ1) is 10.2. The lowest BCUT2D eigenvalue weighted by Crippen LogP contribution is -2.37. The average Bonchev–Trinajstić information content (AvgIpc) is 2.38. The maximum Gasteiger partial charge on any atom is 0.394 e. The molecule has 0 spiro atoms. The van der Waals surface area contributed by atoms with Gasteiger partial charge in [-0.15, -0.1) is 0 Å². The van der Waals surface area contributed by atoms with Crippen LogP contribution in [-0.2, 0) is 0 Å². The highest BCUT2D eigenvalue weighted by molar-refractivity contribution is 8.00. The Labute approximate surface area is 73.9 Å². The van der Waals surface area contributed by atoms with Gasteiger partial charge in [0.25, 0.3) is 0 Å². The van der Waals surface area contributed by atoms with Gasteiger partial charge in [0.15, 0.2) is 0 Å². The van der Waals surface area contributed by atoms with Crippen molar-refractivity contribution in [1.29, 1.82) is 0 Å². The average molecular weight is 199 g/mol. The predicted octanol–water partition coefficient (Wildman–Crippen LogP) is 2.02. The van der Waals surface area contributed by atoms with Gasteiger partial charge in [-0.3, -0.25) is 0 Å². The van der Waals surface area contributed by atoms with E-state index in [1.165, 1.54) is 11.8 Å². The van der Waals surface area contributed by atoms with Gasteiger partial charge in [-0.25, -0.2) is 0 Å². The van der Waals surface area contributed by atoms with E-state index in [2.05, 4.69) is 0 Å². The van der Waals surface area contributed by atoms with Crippen LogP contribution in [0.5, 0.6) is 0 Å². The van der Waals surface area contributed by atoms with Gasteiger partial charge in [-0.05, 0) is 18.6 Å². The normalized spacial score (nSPS) is 27.5. The summed E-state index contributed by atoms with van der Waals surface area (Å²) in [6.07, 6.45) is -2.56. The fraction of sp³-hybridized carbons (Fsp3) is 1.00. The van der Waals surface area contributed by atoms with Gasteiger partial charge in [-0.1, -0.05) is 0 Å². The quantitative estimate of drug-likeness (QED) is 0.736. The van der Waals surface area contributed by atoms with E-state index in [0.717, 1.165) is 12.2 Å². The van der Waals surface area contributed by atoms with Crippen molar-refractivity contribution < 1.29 is 13.2 Å². The molecule has 2 atom stereocenters. The molecule has 0 radical (unpaired) electrons. The predicted molar refractivity (Wildman–Crippen MR) is 44.1 cm³/mol. The maximum atomic E-state index is 12.3. The van der Waals surface area contributed by atoms with Crippen LogP contribution in [0, 0.1) is 5.92 Å². The van der Waals surface area contributed by atoms with Crippen molar-refractivity contribution in [3.63, 3.8) is 0 Å². The monoisotopic (exact) mass is 199 g/mol. The molecule has 5 heteroatoms. The third-order valence-electron chi connectivity index (χ3n) is 2.09. The van der Waals surface area contributed by atoms with Crippen LogP contribution < -0.4 is 5.73 Å². The van der Waals surface area contributed by atoms with Gasteiger partial charge in [-0.2, -0.15) is 24.9 Å². The standard InChI is InChI=1S/C7H12F3NS/c8-7(9,10)5(4-11)6-2-1-3-12-6/h5-6H,1-4,11H2. The molecule has 2 N–H and O–H groups in total. The zero-order valence-electron chi connectivity index (χ0n) is 6.60. The Kier molecular flexibility index (Phi) is 3.29. The van der Waals surface area contributed by atoms with Crippen LogP contribution in [0.1, 0.15) is 12.8 Å². The van der Waals surface area contributed by atoms with Crippen LogP contribution in [0.25, 0.3) is 0 Å². The molecule has 0 aromatic rings. The molecule has 1 nitrogen and oxygen atoms in total. The Morgan fingerprint density at radius 1 is 1.50 bits per heavy atom. The van der Waals surface area contributed by atoms with Gasteiger partial charge in [0.05, 0.1) is 5.92 Å². The molecule has 72 valence electrons. The molecule has 0 aliphatic carbocycles. The summed E-state index contributed by atoms with van der Waals surface area (Å²) in [5.41, 5.74) is 5.11. The van der Waals surface area contributed by atoms with Crippen LogP contribution >= 0.6 is 11.8 Å². The largest absolute Gasteiger partial charge is 0.394 e. The fourth-order valence-electron chi connectivity index (χ4n) is 1.42. The van der Waals surface area contributed by atoms with Crippen molar-refractivity contribution in [1.82, 2.24) is 0 Å². The summed E-state index contributed by atoms with van der Waals surface area (Å²) in [6.45, 7) is -0.277. The zero-order valence-corrected chi connectivity index (χ0v) is 7.42. The van der Waals surface area contributed by atoms with Crippen molar-refractivity contribution in [2.24, 2.45) is 11.7 Å². The van der Waals surface area contributed by atoms with Gasteiger partial charge in [0.1, 0.15) is 0 Å². The Morgan fingerprint density at radius 3 is 2.50 bits per heavy atom. The second-order valence-corrected chi connectivity index (χ2v) is 4.28. The molecule has 1 heterocycles. The Balaban J connectivity index is 2.54. The summed E-state index contributed by atoms with van der Waals surface area (Å²) in [7, 11) is 0. The van der Waals surface area contributed by atoms with Crippen LogP contribution in [0.15, 0.2) is 0 Å². The number of rotatable bonds is 2. The lowest BCUT2D eigenvalue weighted by molar-refractivity contribution is -0.171. The van der Waals surface area contributed by atoms with Gasteiger partial charge < -0.3 is 5.73 Å². The summed E-state index contributed by atoms with van der Waals surface area (Å²) < 4.78 is 36.8. The minimum Gasteiger partial charge on any atom is -0.330 e. The minimum absolute atomic E-state index is 0.277. The molecular formula is C7H12F3NS. The summed E-state index contributed by atoms with van der Waals surface area (Å²) in [4.78, 5) is 0. The highest BCUT2D eigenvalue weighted by atomic mass is 32.2. The zero-order chi connectivity index (χ0) is 9.19. The number of thioether (sulfide) groups is 1. The van der Waals surface area contributed by atoms with E-state index in [-0.39, 0.29) is 11.8 Å². The smallest absolute Gasteiger partial charge is 0.330 e. The number of nitrogens with two attached hydrogens (primary N) is 1. The summed E-state index contributed by atoms with van der Waals surface area (Å²) in [5.74, 6) is -0.456. The van der Waals surface area contributed by atoms with Crippen LogP contribution in [0.3, 0.4) is 0 Å². The molecule has 1 aliphatic rings. The highest BCUT2D eigenvalue weighted by Crippen LogP contribution is 2.39. The number of alkyl halides is 3. The highest BCUT2D eigenvalue weighted by Gasteiger charge is 2.44. The lowest BCUT2D eigenvalue weighted by Gasteiger charge is -2.23. The van der Waals surface area contributed by atoms with Crippen LogP contribution in [0.4, 0.5) is 13.2 Å². The van der Waals surface area contributed by atoms with Crippen LogP contribution in [-0.4, -0.2) is 23.7 Å². The summed E-state index contributed by atoms with van der Waals surface area (Å²) in [5, 5.41) is -0.296. The van der Waals surface area contributed by atoms with Crippen molar-refractivity contribution >= 4 is 11.8 Å². The fourth-order valence-corrected chi connectivity index (χ4v) is 2.88. The van der Waals surface area contributed by atoms with Crippen molar-refractivity contribution in [3.05, 3.63) is 0 Å². The van der Waals surface area contributed by atoms with Crippen LogP contribution in [0.2, 0.25) is 0 Å². The first-order valence-electron chi connectivity index (χ1n) is 3.94. The van der Waals surface area contributed by atoms with E-state index < -0.39 is 12.1 Å². The molecule has 1 fully saturated rings. The third kappa shape index (κ3) is 2.29. The molecule has 0 amide bonds. The van der Waals surface area contributed by atoms with E-state index in [1.54, 1.807) is 0 Å². The molecular weight excluding hydrogens is 187 g/mol. The first-order chi connectivity index (χ1) is 5.55. The maximum absolute atomic E-state index is 12.3. The summed E-state index contributed by atoms with van der Waals surface area (Å²) >= 11 is 1.40. The van der Waals surface area contributed by atoms with Gasteiger partial charge in [0, 0.05) is 11.8 Å². The van der Waals surface area contributed by atoms with E-state index in [0.29, 0.717) is 6.42 Å². The number of halogens is 3. The summed E-state index contributed by atoms with van der Waals surface area (Å²) in [6, 6.07) is 0. The van der Waals surface area contributed by atoms with Crippen molar-refractivity contribution in [2.75, 3.05) is 12.3 Å². The van der Waals surface area contributed by atoms with E-state index in [4.69, 9.17) is 5.73 Å². The van der Waals surface area contributed by atoms with Crippen molar-refractivity contribution in [3.8, 4) is 0 Å². The Bertz CT molecular complexity index is 142.